The Morgan fingerprint density at radius 1 is 1.36 bits per heavy atom. The topological polar surface area (TPSA) is 89.3 Å². The number of anilines is 1. The maximum atomic E-state index is 13.0. The number of nitro groups is 1. The van der Waals surface area contributed by atoms with Crippen molar-refractivity contribution in [2.45, 2.75) is 10.6 Å². The van der Waals surface area contributed by atoms with Crippen molar-refractivity contribution in [2.24, 2.45) is 0 Å². The van der Waals surface area contributed by atoms with E-state index in [0.717, 1.165) is 29.2 Å². The Bertz CT molecular complexity index is 802. The van der Waals surface area contributed by atoms with Crippen LogP contribution in [0.1, 0.15) is 5.56 Å². The molecule has 22 heavy (non-hydrogen) atoms. The highest BCUT2D eigenvalue weighted by molar-refractivity contribution is 7.92. The summed E-state index contributed by atoms with van der Waals surface area (Å²) in [5, 5.41) is 14.0. The van der Waals surface area contributed by atoms with Gasteiger partial charge in [0.25, 0.3) is 0 Å². The van der Waals surface area contributed by atoms with Gasteiger partial charge in [-0.25, -0.2) is 12.8 Å². The van der Waals surface area contributed by atoms with Crippen molar-refractivity contribution in [2.75, 3.05) is 18.1 Å². The first kappa shape index (κ1) is 16.4. The molecule has 0 aliphatic rings. The molecule has 0 fully saturated rings. The van der Waals surface area contributed by atoms with E-state index in [0.29, 0.717) is 13.0 Å². The van der Waals surface area contributed by atoms with E-state index in [9.17, 15) is 22.9 Å². The minimum atomic E-state index is -3.50. The van der Waals surface area contributed by atoms with E-state index < -0.39 is 14.8 Å². The Balaban J connectivity index is 2.12. The van der Waals surface area contributed by atoms with Crippen LogP contribution in [0.25, 0.3) is 0 Å². The quantitative estimate of drug-likeness (QED) is 0.643. The fraction of sp³-hybridized carbons (Fsp3) is 0.231. The van der Waals surface area contributed by atoms with Crippen molar-refractivity contribution in [1.82, 2.24) is 0 Å². The van der Waals surface area contributed by atoms with E-state index in [1.807, 2.05) is 0 Å². The Hall–Kier alpha value is -2.00. The van der Waals surface area contributed by atoms with Crippen molar-refractivity contribution in [3.8, 4) is 0 Å². The van der Waals surface area contributed by atoms with E-state index in [2.05, 4.69) is 5.32 Å². The smallest absolute Gasteiger partial charge is 0.304 e. The molecule has 9 heteroatoms. The highest BCUT2D eigenvalue weighted by Crippen LogP contribution is 2.36. The number of rotatable bonds is 6. The molecule has 0 aliphatic heterocycles. The lowest BCUT2D eigenvalue weighted by Gasteiger charge is -2.04. The van der Waals surface area contributed by atoms with Crippen LogP contribution in [-0.4, -0.2) is 26.1 Å². The van der Waals surface area contributed by atoms with Gasteiger partial charge in [-0.1, -0.05) is 23.5 Å². The number of benzene rings is 1. The summed E-state index contributed by atoms with van der Waals surface area (Å²) >= 11 is 0.818. The number of nitrogens with one attached hydrogen (secondary N) is 1. The number of halogens is 1. The minimum absolute atomic E-state index is 0.0625. The van der Waals surface area contributed by atoms with Crippen molar-refractivity contribution in [3.63, 3.8) is 0 Å². The van der Waals surface area contributed by atoms with Crippen LogP contribution >= 0.6 is 11.3 Å². The average molecular weight is 344 g/mol. The predicted molar refractivity (Wildman–Crippen MR) is 82.7 cm³/mol. The van der Waals surface area contributed by atoms with Gasteiger partial charge < -0.3 is 5.32 Å². The van der Waals surface area contributed by atoms with Crippen molar-refractivity contribution >= 4 is 31.9 Å². The Morgan fingerprint density at radius 3 is 2.68 bits per heavy atom. The second-order valence-corrected chi connectivity index (χ2v) is 7.91. The Kier molecular flexibility index (Phi) is 4.77. The fourth-order valence-electron chi connectivity index (χ4n) is 1.82. The summed E-state index contributed by atoms with van der Waals surface area (Å²) < 4.78 is 35.9. The van der Waals surface area contributed by atoms with Gasteiger partial charge in [-0.2, -0.15) is 0 Å². The van der Waals surface area contributed by atoms with Crippen molar-refractivity contribution in [3.05, 3.63) is 51.8 Å². The summed E-state index contributed by atoms with van der Waals surface area (Å²) in [6.07, 6.45) is 1.46. The number of thiophene rings is 1. The van der Waals surface area contributed by atoms with Crippen LogP contribution in [0.5, 0.6) is 0 Å². The third-order valence-corrected chi connectivity index (χ3v) is 5.72. The third-order valence-electron chi connectivity index (χ3n) is 2.84. The number of nitrogens with zero attached hydrogens (tertiary/aromatic N) is 1. The minimum Gasteiger partial charge on any atom is -0.371 e. The van der Waals surface area contributed by atoms with Gasteiger partial charge in [0.15, 0.2) is 14.8 Å². The molecular formula is C13H13FN2O4S2. The van der Waals surface area contributed by atoms with Gasteiger partial charge in [-0.15, -0.1) is 0 Å². The van der Waals surface area contributed by atoms with Gasteiger partial charge in [0, 0.05) is 18.9 Å². The van der Waals surface area contributed by atoms with E-state index in [4.69, 9.17) is 0 Å². The van der Waals surface area contributed by atoms with Gasteiger partial charge >= 0.3 is 5.69 Å². The molecule has 0 saturated heterocycles. The fourth-order valence-corrected chi connectivity index (χ4v) is 3.78. The SMILES string of the molecule is CS(=O)(=O)c1cc([N+](=O)[O-])c(NCCc2cccc(F)c2)s1. The molecule has 6 nitrogen and oxygen atoms in total. The van der Waals surface area contributed by atoms with Crippen LogP contribution in [-0.2, 0) is 16.3 Å². The largest absolute Gasteiger partial charge is 0.371 e. The maximum absolute atomic E-state index is 13.0. The molecule has 0 amide bonds. The summed E-state index contributed by atoms with van der Waals surface area (Å²) in [5.74, 6) is -0.348. The van der Waals surface area contributed by atoms with E-state index in [-0.39, 0.29) is 20.7 Å². The summed E-state index contributed by atoms with van der Waals surface area (Å²) in [5.41, 5.74) is 0.472. The molecule has 118 valence electrons. The molecule has 1 heterocycles. The van der Waals surface area contributed by atoms with Gasteiger partial charge in [-0.3, -0.25) is 10.1 Å². The van der Waals surface area contributed by atoms with Crippen LogP contribution in [0.3, 0.4) is 0 Å². The summed E-state index contributed by atoms with van der Waals surface area (Å²) in [6, 6.07) is 7.09. The number of sulfone groups is 1. The van der Waals surface area contributed by atoms with Crippen LogP contribution in [0.4, 0.5) is 15.1 Å². The lowest BCUT2D eigenvalue weighted by molar-refractivity contribution is -0.383. The highest BCUT2D eigenvalue weighted by atomic mass is 32.2. The first-order chi connectivity index (χ1) is 10.3. The Morgan fingerprint density at radius 2 is 2.09 bits per heavy atom. The van der Waals surface area contributed by atoms with E-state index in [1.54, 1.807) is 12.1 Å². The molecule has 0 unspecified atom stereocenters. The average Bonchev–Trinajstić information content (AvgIpc) is 2.83. The van der Waals surface area contributed by atoms with E-state index in [1.165, 1.54) is 12.1 Å². The standard InChI is InChI=1S/C13H13FN2O4S2/c1-22(19,20)12-8-11(16(17)18)13(21-12)15-6-5-9-3-2-4-10(14)7-9/h2-4,7-8,15H,5-6H2,1H3. The zero-order valence-electron chi connectivity index (χ0n) is 11.6. The summed E-state index contributed by atoms with van der Waals surface area (Å²) in [7, 11) is -3.50. The van der Waals surface area contributed by atoms with Gasteiger partial charge in [-0.05, 0) is 24.1 Å². The molecule has 2 aromatic rings. The first-order valence-electron chi connectivity index (χ1n) is 6.24. The first-order valence-corrected chi connectivity index (χ1v) is 8.95. The predicted octanol–water partition coefficient (Wildman–Crippen LogP) is 2.85. The summed E-state index contributed by atoms with van der Waals surface area (Å²) in [6.45, 7) is 0.327. The highest BCUT2D eigenvalue weighted by Gasteiger charge is 2.23. The molecule has 1 aromatic heterocycles. The normalized spacial score (nSPS) is 11.4. The van der Waals surface area contributed by atoms with Crippen molar-refractivity contribution in [1.29, 1.82) is 0 Å². The monoisotopic (exact) mass is 344 g/mol. The molecule has 0 spiro atoms. The van der Waals surface area contributed by atoms with Crippen LogP contribution in [0.2, 0.25) is 0 Å². The second kappa shape index (κ2) is 6.41. The molecule has 0 atom stereocenters. The zero-order valence-corrected chi connectivity index (χ0v) is 13.2. The van der Waals surface area contributed by atoms with Gasteiger partial charge in [0.05, 0.1) is 4.92 Å². The lowest BCUT2D eigenvalue weighted by Crippen LogP contribution is -2.05. The van der Waals surface area contributed by atoms with Gasteiger partial charge in [0.1, 0.15) is 10.0 Å². The summed E-state index contributed by atoms with van der Waals surface area (Å²) in [4.78, 5) is 10.3. The second-order valence-electron chi connectivity index (χ2n) is 4.62. The molecule has 0 bridgehead atoms. The van der Waals surface area contributed by atoms with Crippen LogP contribution in [0, 0.1) is 15.9 Å². The van der Waals surface area contributed by atoms with Crippen LogP contribution in [0.15, 0.2) is 34.5 Å². The number of hydrogen-bond acceptors (Lipinski definition) is 6. The van der Waals surface area contributed by atoms with Gasteiger partial charge in [0.2, 0.25) is 0 Å². The third kappa shape index (κ3) is 4.01. The molecule has 1 N–H and O–H groups in total. The van der Waals surface area contributed by atoms with E-state index >= 15 is 0 Å². The molecule has 2 rings (SSSR count). The molecule has 0 saturated carbocycles. The zero-order chi connectivity index (χ0) is 16.3. The molecule has 0 radical (unpaired) electrons. The molecule has 1 aromatic carbocycles. The maximum Gasteiger partial charge on any atom is 0.304 e. The van der Waals surface area contributed by atoms with Crippen LogP contribution < -0.4 is 5.32 Å². The Labute approximate surface area is 130 Å². The number of hydrogen-bond donors (Lipinski definition) is 1. The van der Waals surface area contributed by atoms with Crippen molar-refractivity contribution < 1.29 is 17.7 Å². The lowest BCUT2D eigenvalue weighted by atomic mass is 10.1. The molecular weight excluding hydrogens is 331 g/mol. The molecule has 0 aliphatic carbocycles.